The van der Waals surface area contributed by atoms with E-state index in [4.69, 9.17) is 5.73 Å². The minimum atomic E-state index is -0.950. The normalized spacial score (nSPS) is 10.3. The molecule has 1 heterocycles. The Morgan fingerprint density at radius 3 is 2.47 bits per heavy atom. The number of pyridine rings is 1. The summed E-state index contributed by atoms with van der Waals surface area (Å²) < 4.78 is 39.6. The van der Waals surface area contributed by atoms with Crippen molar-refractivity contribution in [2.75, 3.05) is 11.1 Å². The summed E-state index contributed by atoms with van der Waals surface area (Å²) in [6.45, 7) is 0. The number of hydrogen-bond donors (Lipinski definition) is 2. The Kier molecular flexibility index (Phi) is 3.37. The smallest absolute Gasteiger partial charge is 0.259 e. The van der Waals surface area contributed by atoms with Gasteiger partial charge in [0.2, 0.25) is 0 Å². The molecule has 2 rings (SSSR count). The van der Waals surface area contributed by atoms with Crippen molar-refractivity contribution >= 4 is 17.4 Å². The number of nitrogens with two attached hydrogens (primary N) is 1. The van der Waals surface area contributed by atoms with Crippen LogP contribution >= 0.6 is 0 Å². The van der Waals surface area contributed by atoms with Gasteiger partial charge in [0, 0.05) is 0 Å². The first-order valence-corrected chi connectivity index (χ1v) is 5.15. The first kappa shape index (κ1) is 12.9. The first-order valence-electron chi connectivity index (χ1n) is 5.15. The van der Waals surface area contributed by atoms with Crippen LogP contribution in [-0.4, -0.2) is 10.9 Å². The molecule has 2 aromatic rings. The lowest BCUT2D eigenvalue weighted by molar-refractivity contribution is 0.102. The zero-order valence-corrected chi connectivity index (χ0v) is 9.45. The molecule has 0 atom stereocenters. The Labute approximate surface area is 106 Å². The monoisotopic (exact) mass is 267 g/mol. The first-order chi connectivity index (χ1) is 8.99. The molecule has 0 fully saturated rings. The number of halogens is 3. The molecule has 1 aromatic carbocycles. The molecule has 0 aliphatic carbocycles. The number of aromatic nitrogens is 1. The highest BCUT2D eigenvalue weighted by molar-refractivity contribution is 6.07. The van der Waals surface area contributed by atoms with Crippen LogP contribution in [0, 0.1) is 17.5 Å². The van der Waals surface area contributed by atoms with Gasteiger partial charge in [-0.15, -0.1) is 0 Å². The number of carbonyl (C=O) groups excluding carboxylic acids is 1. The molecule has 0 radical (unpaired) electrons. The molecule has 98 valence electrons. The fourth-order valence-electron chi connectivity index (χ4n) is 1.43. The maximum absolute atomic E-state index is 13.3. The predicted octanol–water partition coefficient (Wildman–Crippen LogP) is 2.33. The lowest BCUT2D eigenvalue weighted by Gasteiger charge is -2.08. The Morgan fingerprint density at radius 2 is 1.84 bits per heavy atom. The lowest BCUT2D eigenvalue weighted by Crippen LogP contribution is -2.17. The maximum atomic E-state index is 13.3. The van der Waals surface area contributed by atoms with E-state index >= 15 is 0 Å². The fourth-order valence-corrected chi connectivity index (χ4v) is 1.43. The van der Waals surface area contributed by atoms with Crippen molar-refractivity contribution in [3.05, 3.63) is 53.5 Å². The average Bonchev–Trinajstić information content (AvgIpc) is 2.37. The largest absolute Gasteiger partial charge is 0.383 e. The van der Waals surface area contributed by atoms with Crippen molar-refractivity contribution < 1.29 is 18.0 Å². The zero-order valence-electron chi connectivity index (χ0n) is 9.45. The number of rotatable bonds is 2. The molecule has 0 saturated carbocycles. The highest BCUT2D eigenvalue weighted by Crippen LogP contribution is 2.20. The van der Waals surface area contributed by atoms with Crippen molar-refractivity contribution in [1.82, 2.24) is 4.98 Å². The van der Waals surface area contributed by atoms with E-state index in [2.05, 4.69) is 4.98 Å². The molecule has 0 aliphatic heterocycles. The minimum Gasteiger partial charge on any atom is -0.383 e. The quantitative estimate of drug-likeness (QED) is 0.877. The van der Waals surface area contributed by atoms with E-state index in [1.165, 1.54) is 0 Å². The van der Waals surface area contributed by atoms with Gasteiger partial charge in [-0.1, -0.05) is 6.07 Å². The fraction of sp³-hybridized carbons (Fsp3) is 0. The number of anilines is 2. The van der Waals surface area contributed by atoms with Gasteiger partial charge in [0.25, 0.3) is 5.91 Å². The zero-order chi connectivity index (χ0) is 14.0. The molecule has 19 heavy (non-hydrogen) atoms. The van der Waals surface area contributed by atoms with Crippen molar-refractivity contribution in [3.8, 4) is 0 Å². The Morgan fingerprint density at radius 1 is 1.21 bits per heavy atom. The summed E-state index contributed by atoms with van der Waals surface area (Å²) in [5.74, 6) is -3.87. The second-order valence-corrected chi connectivity index (χ2v) is 3.64. The maximum Gasteiger partial charge on any atom is 0.259 e. The molecule has 1 aromatic heterocycles. The Hall–Kier alpha value is -2.57. The topological polar surface area (TPSA) is 68.0 Å². The van der Waals surface area contributed by atoms with Crippen molar-refractivity contribution in [2.45, 2.75) is 0 Å². The summed E-state index contributed by atoms with van der Waals surface area (Å²) in [7, 11) is 0. The van der Waals surface area contributed by atoms with Gasteiger partial charge in [0.1, 0.15) is 29.0 Å². The van der Waals surface area contributed by atoms with E-state index in [0.717, 1.165) is 30.5 Å². The van der Waals surface area contributed by atoms with Crippen LogP contribution in [0.4, 0.5) is 24.7 Å². The molecule has 3 N–H and O–H groups in total. The van der Waals surface area contributed by atoms with Gasteiger partial charge in [-0.25, -0.2) is 18.2 Å². The molecule has 0 spiro atoms. The van der Waals surface area contributed by atoms with Gasteiger partial charge >= 0.3 is 0 Å². The van der Waals surface area contributed by atoms with Gasteiger partial charge < -0.3 is 11.1 Å². The molecule has 0 aliphatic rings. The summed E-state index contributed by atoms with van der Waals surface area (Å²) in [5, 5.41) is 1.99. The summed E-state index contributed by atoms with van der Waals surface area (Å²) >= 11 is 0. The van der Waals surface area contributed by atoms with E-state index < -0.39 is 29.0 Å². The highest BCUT2D eigenvalue weighted by Gasteiger charge is 2.16. The number of para-hydroxylation sites is 1. The number of nitrogens with one attached hydrogen (secondary N) is 1. The van der Waals surface area contributed by atoms with Crippen molar-refractivity contribution in [1.29, 1.82) is 0 Å². The van der Waals surface area contributed by atoms with Crippen LogP contribution in [0.2, 0.25) is 0 Å². The van der Waals surface area contributed by atoms with Gasteiger partial charge in [-0.3, -0.25) is 4.79 Å². The molecule has 1 amide bonds. The van der Waals surface area contributed by atoms with Gasteiger partial charge in [-0.05, 0) is 18.2 Å². The van der Waals surface area contributed by atoms with E-state index in [0.29, 0.717) is 0 Å². The molecule has 0 bridgehead atoms. The predicted molar refractivity (Wildman–Crippen MR) is 62.9 cm³/mol. The molecule has 7 heteroatoms. The van der Waals surface area contributed by atoms with E-state index in [9.17, 15) is 18.0 Å². The highest BCUT2D eigenvalue weighted by atomic mass is 19.1. The number of benzene rings is 1. The average molecular weight is 267 g/mol. The van der Waals surface area contributed by atoms with Gasteiger partial charge in [0.15, 0.2) is 0 Å². The third kappa shape index (κ3) is 2.65. The summed E-state index contributed by atoms with van der Waals surface area (Å²) in [6.07, 6.45) is 0.829. The van der Waals surface area contributed by atoms with E-state index in [1.54, 1.807) is 0 Å². The van der Waals surface area contributed by atoms with Crippen LogP contribution in [0.25, 0.3) is 0 Å². The van der Waals surface area contributed by atoms with Crippen LogP contribution in [0.1, 0.15) is 10.4 Å². The Bertz CT molecular complexity index is 626. The van der Waals surface area contributed by atoms with Crippen LogP contribution in [0.3, 0.4) is 0 Å². The standard InChI is InChI=1S/C12H8F3N3O/c13-6-4-7(11(16)17-5-6)12(19)18-10-8(14)2-1-3-9(10)15/h1-5H,(H2,16,17)(H,18,19). The molecule has 0 unspecified atom stereocenters. The number of amides is 1. The SMILES string of the molecule is Nc1ncc(F)cc1C(=O)Nc1c(F)cccc1F. The molecule has 4 nitrogen and oxygen atoms in total. The van der Waals surface area contributed by atoms with Crippen LogP contribution < -0.4 is 11.1 Å². The second-order valence-electron chi connectivity index (χ2n) is 3.64. The van der Waals surface area contributed by atoms with Gasteiger partial charge in [-0.2, -0.15) is 0 Å². The summed E-state index contributed by atoms with van der Waals surface area (Å²) in [5.41, 5.74) is 4.46. The van der Waals surface area contributed by atoms with E-state index in [-0.39, 0.29) is 11.4 Å². The van der Waals surface area contributed by atoms with Crippen molar-refractivity contribution in [2.24, 2.45) is 0 Å². The molecular formula is C12H8F3N3O. The van der Waals surface area contributed by atoms with Crippen molar-refractivity contribution in [3.63, 3.8) is 0 Å². The number of carbonyl (C=O) groups is 1. The lowest BCUT2D eigenvalue weighted by atomic mass is 10.2. The molecular weight excluding hydrogens is 259 g/mol. The number of nitrogen functional groups attached to an aromatic ring is 1. The summed E-state index contributed by atoms with van der Waals surface area (Å²) in [4.78, 5) is 15.2. The summed E-state index contributed by atoms with van der Waals surface area (Å²) in [6, 6.07) is 3.94. The van der Waals surface area contributed by atoms with Gasteiger partial charge in [0.05, 0.1) is 11.8 Å². The minimum absolute atomic E-state index is 0.240. The third-order valence-corrected chi connectivity index (χ3v) is 2.33. The van der Waals surface area contributed by atoms with E-state index in [1.807, 2.05) is 5.32 Å². The van der Waals surface area contributed by atoms with Crippen LogP contribution in [-0.2, 0) is 0 Å². The molecule has 0 saturated heterocycles. The Balaban J connectivity index is 2.34. The van der Waals surface area contributed by atoms with Crippen LogP contribution in [0.15, 0.2) is 30.5 Å². The number of nitrogens with zero attached hydrogens (tertiary/aromatic N) is 1. The number of hydrogen-bond acceptors (Lipinski definition) is 3. The third-order valence-electron chi connectivity index (χ3n) is 2.33. The van der Waals surface area contributed by atoms with Crippen LogP contribution in [0.5, 0.6) is 0 Å². The second kappa shape index (κ2) is 4.97.